The molecule has 1 aliphatic heterocycles. The Kier molecular flexibility index (Phi) is 7.35. The van der Waals surface area contributed by atoms with Crippen LogP contribution in [0.1, 0.15) is 104 Å². The van der Waals surface area contributed by atoms with Crippen molar-refractivity contribution in [2.75, 3.05) is 13.1 Å². The van der Waals surface area contributed by atoms with Gasteiger partial charge in [0.25, 0.3) is 0 Å². The highest BCUT2D eigenvalue weighted by atomic mass is 32.2. The molecule has 0 radical (unpaired) electrons. The number of likely N-dealkylation sites (tertiary alicyclic amines) is 1. The Labute approximate surface area is 218 Å². The average Bonchev–Trinajstić information content (AvgIpc) is 3.19. The molecule has 0 aromatic carbocycles. The van der Waals surface area contributed by atoms with Crippen molar-refractivity contribution in [1.29, 1.82) is 0 Å². The monoisotopic (exact) mass is 522 g/mol. The Morgan fingerprint density at radius 3 is 2.33 bits per heavy atom. The minimum Gasteiger partial charge on any atom is -0.748 e. The summed E-state index contributed by atoms with van der Waals surface area (Å²) in [5.74, 6) is 4.46. The highest BCUT2D eigenvalue weighted by Gasteiger charge is 2.60. The molecule has 4 aliphatic carbocycles. The van der Waals surface area contributed by atoms with Crippen molar-refractivity contribution in [2.24, 2.45) is 46.3 Å². The van der Waals surface area contributed by atoms with E-state index in [4.69, 9.17) is 0 Å². The lowest BCUT2D eigenvalue weighted by atomic mass is 9.44. The maximum absolute atomic E-state index is 12.9. The normalized spacial score (nSPS) is 44.4. The van der Waals surface area contributed by atoms with Gasteiger partial charge in [0, 0.05) is 19.5 Å². The third-order valence-corrected chi connectivity index (χ3v) is 13.7. The lowest BCUT2D eigenvalue weighted by Crippen LogP contribution is -2.54. The minimum absolute atomic E-state index is 0.0843. The van der Waals surface area contributed by atoms with Crippen LogP contribution in [-0.4, -0.2) is 53.3 Å². The first kappa shape index (κ1) is 26.9. The second-order valence-electron chi connectivity index (χ2n) is 13.9. The van der Waals surface area contributed by atoms with Gasteiger partial charge in [-0.2, -0.15) is 0 Å². The van der Waals surface area contributed by atoms with Gasteiger partial charge in [-0.05, 0) is 123 Å². The lowest BCUT2D eigenvalue weighted by Gasteiger charge is -2.61. The quantitative estimate of drug-likeness (QED) is 0.515. The van der Waals surface area contributed by atoms with E-state index in [0.717, 1.165) is 37.0 Å². The van der Waals surface area contributed by atoms with Crippen molar-refractivity contribution >= 4 is 16.0 Å². The van der Waals surface area contributed by atoms with Crippen LogP contribution in [0.5, 0.6) is 0 Å². The summed E-state index contributed by atoms with van der Waals surface area (Å²) in [7, 11) is -4.25. The van der Waals surface area contributed by atoms with E-state index in [9.17, 15) is 22.9 Å². The van der Waals surface area contributed by atoms with E-state index >= 15 is 0 Å². The molecule has 36 heavy (non-hydrogen) atoms. The molecular weight excluding hydrogens is 474 g/mol. The third-order valence-electron chi connectivity index (χ3n) is 12.4. The standard InChI is InChI=1S/C29H49NO5S/c1-19(4-9-27(32)30-16-12-22(13-17-30)36(33,34)35)24-7-8-25-23-6-5-20-18-21(31)10-14-28(20,2)26(23)11-15-29(24,25)3/h19-26,31H,4-18H2,1-3H3,(H,33,34,35)/p-1/t19-,20-,21-,23+,24-,25+,26+,28+,29-/m1/s1. The number of carbonyl (C=O) groups is 1. The molecule has 1 N–H and O–H groups in total. The summed E-state index contributed by atoms with van der Waals surface area (Å²) in [6, 6.07) is 0. The Bertz CT molecular complexity index is 930. The van der Waals surface area contributed by atoms with Crippen LogP contribution in [0, 0.1) is 46.3 Å². The van der Waals surface area contributed by atoms with Gasteiger partial charge >= 0.3 is 0 Å². The molecule has 5 aliphatic rings. The number of aliphatic hydroxyl groups is 1. The van der Waals surface area contributed by atoms with Crippen LogP contribution < -0.4 is 0 Å². The van der Waals surface area contributed by atoms with Crippen LogP contribution >= 0.6 is 0 Å². The van der Waals surface area contributed by atoms with E-state index in [2.05, 4.69) is 20.8 Å². The van der Waals surface area contributed by atoms with E-state index in [1.165, 1.54) is 44.9 Å². The van der Waals surface area contributed by atoms with E-state index in [1.54, 1.807) is 4.90 Å². The summed E-state index contributed by atoms with van der Waals surface area (Å²) < 4.78 is 33.9. The molecular formula is C29H48NO5S-. The number of hydrogen-bond donors (Lipinski definition) is 1. The summed E-state index contributed by atoms with van der Waals surface area (Å²) in [4.78, 5) is 14.7. The van der Waals surface area contributed by atoms with Gasteiger partial charge in [0.05, 0.1) is 21.5 Å². The fourth-order valence-electron chi connectivity index (χ4n) is 10.3. The third kappa shape index (κ3) is 4.68. The molecule has 6 nitrogen and oxygen atoms in total. The van der Waals surface area contributed by atoms with Gasteiger partial charge in [0.1, 0.15) is 0 Å². The Morgan fingerprint density at radius 2 is 1.64 bits per heavy atom. The number of fused-ring (bicyclic) bond motifs is 5. The van der Waals surface area contributed by atoms with E-state index < -0.39 is 15.4 Å². The van der Waals surface area contributed by atoms with Gasteiger partial charge in [-0.15, -0.1) is 0 Å². The molecule has 4 saturated carbocycles. The summed E-state index contributed by atoms with van der Waals surface area (Å²) in [5.41, 5.74) is 0.792. The van der Waals surface area contributed by atoms with Crippen molar-refractivity contribution in [3.8, 4) is 0 Å². The smallest absolute Gasteiger partial charge is 0.222 e. The van der Waals surface area contributed by atoms with Crippen molar-refractivity contribution in [3.63, 3.8) is 0 Å². The molecule has 1 saturated heterocycles. The Hall–Kier alpha value is -0.660. The van der Waals surface area contributed by atoms with Crippen molar-refractivity contribution in [3.05, 3.63) is 0 Å². The van der Waals surface area contributed by atoms with Gasteiger partial charge in [-0.1, -0.05) is 20.8 Å². The van der Waals surface area contributed by atoms with E-state index in [0.29, 0.717) is 48.1 Å². The van der Waals surface area contributed by atoms with Gasteiger partial charge in [-0.25, -0.2) is 8.42 Å². The fraction of sp³-hybridized carbons (Fsp3) is 0.966. The summed E-state index contributed by atoms with van der Waals surface area (Å²) in [5, 5.41) is 9.47. The topological polar surface area (TPSA) is 97.7 Å². The molecule has 1 amide bonds. The Balaban J connectivity index is 1.18. The van der Waals surface area contributed by atoms with Crippen LogP contribution in [0.25, 0.3) is 0 Å². The van der Waals surface area contributed by atoms with Gasteiger partial charge < -0.3 is 14.6 Å². The fourth-order valence-corrected chi connectivity index (χ4v) is 11.1. The van der Waals surface area contributed by atoms with Crippen LogP contribution in [0.4, 0.5) is 0 Å². The lowest BCUT2D eigenvalue weighted by molar-refractivity contribution is -0.133. The maximum atomic E-state index is 12.9. The van der Waals surface area contributed by atoms with Crippen LogP contribution in [0.15, 0.2) is 0 Å². The molecule has 7 heteroatoms. The second kappa shape index (κ2) is 9.82. The average molecular weight is 523 g/mol. The summed E-state index contributed by atoms with van der Waals surface area (Å²) >= 11 is 0. The summed E-state index contributed by atoms with van der Waals surface area (Å²) in [6.07, 6.45) is 13.0. The zero-order valence-electron chi connectivity index (χ0n) is 22.7. The predicted molar refractivity (Wildman–Crippen MR) is 139 cm³/mol. The maximum Gasteiger partial charge on any atom is 0.222 e. The molecule has 0 aromatic heterocycles. The van der Waals surface area contributed by atoms with Crippen LogP contribution in [0.3, 0.4) is 0 Å². The molecule has 0 bridgehead atoms. The molecule has 9 atom stereocenters. The second-order valence-corrected chi connectivity index (χ2v) is 15.6. The van der Waals surface area contributed by atoms with Crippen molar-refractivity contribution in [2.45, 2.75) is 116 Å². The number of rotatable bonds is 5. The molecule has 1 heterocycles. The molecule has 206 valence electrons. The zero-order valence-corrected chi connectivity index (χ0v) is 23.5. The predicted octanol–water partition coefficient (Wildman–Crippen LogP) is 4.96. The first-order valence-electron chi connectivity index (χ1n) is 14.8. The SMILES string of the molecule is C[C@H](CCC(=O)N1CCC(S(=O)(=O)[O-])CC1)[C@H]1CC[C@H]2[C@@H]3CC[C@@H]4C[C@H](O)CC[C@]4(C)[C@H]3CC[C@]12C. The molecule has 0 aromatic rings. The number of carbonyl (C=O) groups excluding carboxylic acids is 1. The first-order chi connectivity index (χ1) is 16.9. The van der Waals surface area contributed by atoms with E-state index in [-0.39, 0.29) is 24.9 Å². The Morgan fingerprint density at radius 1 is 0.972 bits per heavy atom. The zero-order chi connectivity index (χ0) is 25.9. The minimum atomic E-state index is -4.25. The number of nitrogens with zero attached hydrogens (tertiary/aromatic N) is 1. The molecule has 0 spiro atoms. The van der Waals surface area contributed by atoms with Gasteiger partial charge in [-0.3, -0.25) is 4.79 Å². The highest BCUT2D eigenvalue weighted by Crippen LogP contribution is 2.68. The molecule has 5 rings (SSSR count). The van der Waals surface area contributed by atoms with E-state index in [1.807, 2.05) is 0 Å². The number of piperidine rings is 1. The van der Waals surface area contributed by atoms with Gasteiger partial charge in [0.2, 0.25) is 5.91 Å². The van der Waals surface area contributed by atoms with Gasteiger partial charge in [0.15, 0.2) is 0 Å². The number of amides is 1. The van der Waals surface area contributed by atoms with Crippen molar-refractivity contribution in [1.82, 2.24) is 4.90 Å². The molecule has 5 fully saturated rings. The number of aliphatic hydroxyl groups excluding tert-OH is 1. The van der Waals surface area contributed by atoms with Crippen LogP contribution in [-0.2, 0) is 14.9 Å². The van der Waals surface area contributed by atoms with Crippen LogP contribution in [0.2, 0.25) is 0 Å². The summed E-state index contributed by atoms with van der Waals surface area (Å²) in [6.45, 7) is 8.26. The largest absolute Gasteiger partial charge is 0.748 e. The first-order valence-corrected chi connectivity index (χ1v) is 16.3. The van der Waals surface area contributed by atoms with Crippen molar-refractivity contribution < 1.29 is 22.9 Å². The number of hydrogen-bond acceptors (Lipinski definition) is 5. The highest BCUT2D eigenvalue weighted by molar-refractivity contribution is 7.86. The molecule has 0 unspecified atom stereocenters.